The van der Waals surface area contributed by atoms with Gasteiger partial charge >= 0.3 is 0 Å². The molecule has 0 unspecified atom stereocenters. The molecule has 1 aromatic rings. The molecule has 0 saturated carbocycles. The van der Waals surface area contributed by atoms with Gasteiger partial charge in [0.2, 0.25) is 17.7 Å². The lowest BCUT2D eigenvalue weighted by molar-refractivity contribution is -0.147. The molecule has 1 fully saturated rings. The van der Waals surface area contributed by atoms with Gasteiger partial charge in [-0.15, -0.1) is 0 Å². The normalized spacial score (nSPS) is 24.0. The van der Waals surface area contributed by atoms with E-state index in [-0.39, 0.29) is 29.6 Å². The van der Waals surface area contributed by atoms with Crippen LogP contribution >= 0.6 is 11.6 Å². The first kappa shape index (κ1) is 16.7. The number of carbonyl (C=O) groups excluding carboxylic acids is 3. The van der Waals surface area contributed by atoms with Gasteiger partial charge in [0.15, 0.2) is 0 Å². The lowest BCUT2D eigenvalue weighted by Gasteiger charge is -2.22. The summed E-state index contributed by atoms with van der Waals surface area (Å²) < 4.78 is 0. The standard InChI is InChI=1S/C18H19ClN2O3/c1-11(16(22)20-10-12-6-8-13(19)9-7-12)21-17(23)14-4-2-3-5-15(14)18(21)24/h2-3,6-9,11,14-15H,4-5,10H2,1H3,(H,20,22)/t11-,14+,15+/m0/s1. The first-order chi connectivity index (χ1) is 11.5. The first-order valence-electron chi connectivity index (χ1n) is 8.03. The number of rotatable bonds is 4. The van der Waals surface area contributed by atoms with E-state index in [0.29, 0.717) is 24.4 Å². The second-order valence-corrected chi connectivity index (χ2v) is 6.66. The van der Waals surface area contributed by atoms with E-state index in [1.165, 1.54) is 0 Å². The van der Waals surface area contributed by atoms with Crippen molar-refractivity contribution >= 4 is 29.3 Å². The number of fused-ring (bicyclic) bond motifs is 1. The van der Waals surface area contributed by atoms with Crippen LogP contribution in [0.3, 0.4) is 0 Å². The Labute approximate surface area is 145 Å². The molecule has 6 heteroatoms. The van der Waals surface area contributed by atoms with Crippen LogP contribution in [0.1, 0.15) is 25.3 Å². The molecule has 24 heavy (non-hydrogen) atoms. The maximum Gasteiger partial charge on any atom is 0.243 e. The monoisotopic (exact) mass is 346 g/mol. The Hall–Kier alpha value is -2.14. The van der Waals surface area contributed by atoms with Crippen LogP contribution in [0.2, 0.25) is 5.02 Å². The van der Waals surface area contributed by atoms with Crippen molar-refractivity contribution in [1.82, 2.24) is 10.2 Å². The van der Waals surface area contributed by atoms with E-state index < -0.39 is 6.04 Å². The van der Waals surface area contributed by atoms with E-state index in [0.717, 1.165) is 10.5 Å². The van der Waals surface area contributed by atoms with Gasteiger partial charge in [0.1, 0.15) is 6.04 Å². The van der Waals surface area contributed by atoms with E-state index in [9.17, 15) is 14.4 Å². The minimum absolute atomic E-state index is 0.233. The van der Waals surface area contributed by atoms with Crippen molar-refractivity contribution in [3.63, 3.8) is 0 Å². The number of amides is 3. The molecule has 0 aromatic heterocycles. The topological polar surface area (TPSA) is 66.5 Å². The number of nitrogens with one attached hydrogen (secondary N) is 1. The van der Waals surface area contributed by atoms with Crippen molar-refractivity contribution in [2.24, 2.45) is 11.8 Å². The molecule has 3 rings (SSSR count). The zero-order valence-corrected chi connectivity index (χ0v) is 14.1. The van der Waals surface area contributed by atoms with Crippen LogP contribution in [-0.4, -0.2) is 28.7 Å². The van der Waals surface area contributed by atoms with E-state index >= 15 is 0 Å². The van der Waals surface area contributed by atoms with Gasteiger partial charge in [-0.3, -0.25) is 19.3 Å². The van der Waals surface area contributed by atoms with Crippen molar-refractivity contribution in [3.05, 3.63) is 47.0 Å². The maximum atomic E-state index is 12.5. The number of likely N-dealkylation sites (tertiary alicyclic amines) is 1. The highest BCUT2D eigenvalue weighted by atomic mass is 35.5. The van der Waals surface area contributed by atoms with Gasteiger partial charge < -0.3 is 5.32 Å². The van der Waals surface area contributed by atoms with Gasteiger partial charge in [-0.2, -0.15) is 0 Å². The molecule has 0 bridgehead atoms. The number of hydrogen-bond donors (Lipinski definition) is 1. The van der Waals surface area contributed by atoms with Gasteiger partial charge in [-0.25, -0.2) is 0 Å². The highest BCUT2D eigenvalue weighted by Crippen LogP contribution is 2.36. The predicted molar refractivity (Wildman–Crippen MR) is 90.0 cm³/mol. The Bertz CT molecular complexity index is 673. The number of halogens is 1. The first-order valence-corrected chi connectivity index (χ1v) is 8.41. The zero-order chi connectivity index (χ0) is 17.3. The Morgan fingerprint density at radius 1 is 1.17 bits per heavy atom. The quantitative estimate of drug-likeness (QED) is 0.672. The summed E-state index contributed by atoms with van der Waals surface area (Å²) in [6, 6.07) is 6.33. The summed E-state index contributed by atoms with van der Waals surface area (Å²) in [5.74, 6) is -1.42. The third-order valence-electron chi connectivity index (χ3n) is 4.69. The Balaban J connectivity index is 1.64. The summed E-state index contributed by atoms with van der Waals surface area (Å²) in [6.45, 7) is 1.92. The summed E-state index contributed by atoms with van der Waals surface area (Å²) in [6.07, 6.45) is 5.01. The maximum absolute atomic E-state index is 12.5. The van der Waals surface area contributed by atoms with E-state index in [1.807, 2.05) is 24.3 Å². The smallest absolute Gasteiger partial charge is 0.243 e. The molecule has 1 aromatic carbocycles. The van der Waals surface area contributed by atoms with Gasteiger partial charge in [0.05, 0.1) is 11.8 Å². The Morgan fingerprint density at radius 2 is 1.71 bits per heavy atom. The summed E-state index contributed by atoms with van der Waals surface area (Å²) >= 11 is 5.83. The SMILES string of the molecule is C[C@@H](C(=O)NCc1ccc(Cl)cc1)N1C(=O)[C@@H]2CC=CC[C@H]2C1=O. The molecule has 2 aliphatic rings. The average molecular weight is 347 g/mol. The minimum Gasteiger partial charge on any atom is -0.350 e. The van der Waals surface area contributed by atoms with Crippen LogP contribution in [0, 0.1) is 11.8 Å². The van der Waals surface area contributed by atoms with Crippen molar-refractivity contribution in [3.8, 4) is 0 Å². The van der Waals surface area contributed by atoms with Crippen LogP contribution in [0.5, 0.6) is 0 Å². The van der Waals surface area contributed by atoms with E-state index in [2.05, 4.69) is 5.32 Å². The molecule has 1 heterocycles. The number of imide groups is 1. The molecule has 3 amide bonds. The van der Waals surface area contributed by atoms with Crippen molar-refractivity contribution in [1.29, 1.82) is 0 Å². The molecular weight excluding hydrogens is 328 g/mol. The van der Waals surface area contributed by atoms with Crippen LogP contribution in [0.25, 0.3) is 0 Å². The number of carbonyl (C=O) groups is 3. The summed E-state index contributed by atoms with van der Waals surface area (Å²) in [7, 11) is 0. The fourth-order valence-electron chi connectivity index (χ4n) is 3.26. The highest BCUT2D eigenvalue weighted by molar-refractivity contribution is 6.30. The van der Waals surface area contributed by atoms with Crippen LogP contribution < -0.4 is 5.32 Å². The largest absolute Gasteiger partial charge is 0.350 e. The van der Waals surface area contributed by atoms with Gasteiger partial charge in [0, 0.05) is 11.6 Å². The lowest BCUT2D eigenvalue weighted by atomic mass is 9.85. The number of hydrogen-bond acceptors (Lipinski definition) is 3. The number of benzene rings is 1. The van der Waals surface area contributed by atoms with Crippen LogP contribution in [0.15, 0.2) is 36.4 Å². The van der Waals surface area contributed by atoms with Crippen molar-refractivity contribution < 1.29 is 14.4 Å². The van der Waals surface area contributed by atoms with Crippen LogP contribution in [0.4, 0.5) is 0 Å². The molecule has 0 radical (unpaired) electrons. The van der Waals surface area contributed by atoms with Crippen molar-refractivity contribution in [2.75, 3.05) is 0 Å². The van der Waals surface area contributed by atoms with Gasteiger partial charge in [0.25, 0.3) is 0 Å². The molecule has 1 saturated heterocycles. The Morgan fingerprint density at radius 3 is 2.25 bits per heavy atom. The molecular formula is C18H19ClN2O3. The molecule has 0 spiro atoms. The predicted octanol–water partition coefficient (Wildman–Crippen LogP) is 2.30. The second kappa shape index (κ2) is 6.77. The average Bonchev–Trinajstić information content (AvgIpc) is 2.85. The minimum atomic E-state index is -0.803. The van der Waals surface area contributed by atoms with Crippen molar-refractivity contribution in [2.45, 2.75) is 32.4 Å². The fraction of sp³-hybridized carbons (Fsp3) is 0.389. The molecule has 1 N–H and O–H groups in total. The Kier molecular flexibility index (Phi) is 4.71. The highest BCUT2D eigenvalue weighted by Gasteiger charge is 2.49. The molecule has 1 aliphatic heterocycles. The lowest BCUT2D eigenvalue weighted by Crippen LogP contribution is -2.48. The summed E-state index contributed by atoms with van der Waals surface area (Å²) in [5.41, 5.74) is 0.900. The third-order valence-corrected chi connectivity index (χ3v) is 4.94. The molecule has 126 valence electrons. The van der Waals surface area contributed by atoms with Gasteiger partial charge in [-0.1, -0.05) is 35.9 Å². The summed E-state index contributed by atoms with van der Waals surface area (Å²) in [5, 5.41) is 3.40. The number of nitrogens with zero attached hydrogens (tertiary/aromatic N) is 1. The zero-order valence-electron chi connectivity index (χ0n) is 13.4. The fourth-order valence-corrected chi connectivity index (χ4v) is 3.39. The number of allylic oxidation sites excluding steroid dienone is 2. The molecule has 3 atom stereocenters. The molecule has 5 nitrogen and oxygen atoms in total. The van der Waals surface area contributed by atoms with Gasteiger partial charge in [-0.05, 0) is 37.5 Å². The second-order valence-electron chi connectivity index (χ2n) is 6.22. The van der Waals surface area contributed by atoms with E-state index in [1.54, 1.807) is 19.1 Å². The molecule has 1 aliphatic carbocycles. The summed E-state index contributed by atoms with van der Waals surface area (Å²) in [4.78, 5) is 38.5. The van der Waals surface area contributed by atoms with Crippen LogP contribution in [-0.2, 0) is 20.9 Å². The van der Waals surface area contributed by atoms with E-state index in [4.69, 9.17) is 11.6 Å². The third kappa shape index (κ3) is 3.08.